The van der Waals surface area contributed by atoms with E-state index in [1.54, 1.807) is 0 Å². The van der Waals surface area contributed by atoms with Crippen LogP contribution in [0.15, 0.2) is 18.2 Å². The van der Waals surface area contributed by atoms with Crippen molar-refractivity contribution in [3.05, 3.63) is 23.2 Å². The molecule has 1 amide bonds. The topological polar surface area (TPSA) is 66.8 Å². The van der Waals surface area contributed by atoms with Crippen LogP contribution in [0.3, 0.4) is 0 Å². The fourth-order valence-electron chi connectivity index (χ4n) is 3.23. The van der Waals surface area contributed by atoms with E-state index < -0.39 is 54.6 Å². The van der Waals surface area contributed by atoms with Crippen molar-refractivity contribution < 1.29 is 28.2 Å². The van der Waals surface area contributed by atoms with Gasteiger partial charge in [-0.15, -0.1) is 6.42 Å². The minimum atomic E-state index is -2.98. The van der Waals surface area contributed by atoms with Gasteiger partial charge >= 0.3 is 11.9 Å². The molecule has 0 unspecified atom stereocenters. The van der Waals surface area contributed by atoms with Gasteiger partial charge in [-0.2, -0.15) is 0 Å². The number of rotatable bonds is 4. The summed E-state index contributed by atoms with van der Waals surface area (Å²) < 4.78 is 33.0. The van der Waals surface area contributed by atoms with Crippen molar-refractivity contribution >= 4 is 29.2 Å². The Hall–Kier alpha value is -2.33. The molecule has 1 aliphatic rings. The number of carboxylic acid groups (broad SMARTS) is 1. The van der Waals surface area contributed by atoms with E-state index in [0.29, 0.717) is 5.75 Å². The number of hydrogen-bond acceptors (Lipinski definition) is 3. The number of nitrogens with zero attached hydrogens (tertiary/aromatic N) is 1. The molecular formula is C20H22ClF2NO4. The molecule has 1 saturated carbocycles. The maximum atomic E-state index is 13.7. The minimum Gasteiger partial charge on any atom is -0.487 e. The summed E-state index contributed by atoms with van der Waals surface area (Å²) in [5.74, 6) is -3.07. The number of benzene rings is 1. The molecule has 152 valence electrons. The van der Waals surface area contributed by atoms with Gasteiger partial charge in [-0.3, -0.25) is 9.69 Å². The van der Waals surface area contributed by atoms with E-state index in [0.717, 1.165) is 4.90 Å². The van der Waals surface area contributed by atoms with Crippen molar-refractivity contribution in [3.63, 3.8) is 0 Å². The molecule has 8 heteroatoms. The monoisotopic (exact) mass is 413 g/mol. The van der Waals surface area contributed by atoms with Crippen LogP contribution in [0.5, 0.6) is 5.75 Å². The third-order valence-corrected chi connectivity index (χ3v) is 4.85. The maximum absolute atomic E-state index is 13.7. The molecule has 0 aliphatic heterocycles. The highest BCUT2D eigenvalue weighted by Gasteiger charge is 2.53. The molecule has 0 saturated heterocycles. The maximum Gasteiger partial charge on any atom is 0.330 e. The number of ether oxygens (including phenoxy) is 1. The van der Waals surface area contributed by atoms with Gasteiger partial charge in [-0.1, -0.05) is 11.6 Å². The number of hydrogen-bond donors (Lipinski definition) is 1. The van der Waals surface area contributed by atoms with E-state index in [1.807, 2.05) is 26.7 Å². The zero-order valence-electron chi connectivity index (χ0n) is 15.9. The molecule has 2 rings (SSSR count). The van der Waals surface area contributed by atoms with Crippen molar-refractivity contribution in [2.45, 2.75) is 63.5 Å². The highest BCUT2D eigenvalue weighted by molar-refractivity contribution is 6.32. The summed E-state index contributed by atoms with van der Waals surface area (Å²) in [6.45, 7) is 5.48. The first-order valence-corrected chi connectivity index (χ1v) is 9.10. The molecule has 0 atom stereocenters. The van der Waals surface area contributed by atoms with Gasteiger partial charge in [0, 0.05) is 18.5 Å². The van der Waals surface area contributed by atoms with E-state index in [1.165, 1.54) is 18.2 Å². The summed E-state index contributed by atoms with van der Waals surface area (Å²) in [6.07, 6.45) is 3.06. The molecule has 1 N–H and O–H groups in total. The third kappa shape index (κ3) is 4.56. The largest absolute Gasteiger partial charge is 0.487 e. The van der Waals surface area contributed by atoms with Gasteiger partial charge in [0.15, 0.2) is 0 Å². The number of carbonyl (C=O) groups is 2. The first-order chi connectivity index (χ1) is 12.8. The fourth-order valence-corrected chi connectivity index (χ4v) is 3.44. The van der Waals surface area contributed by atoms with Gasteiger partial charge < -0.3 is 9.84 Å². The van der Waals surface area contributed by atoms with Crippen LogP contribution in [-0.2, 0) is 9.59 Å². The van der Waals surface area contributed by atoms with E-state index in [9.17, 15) is 23.5 Å². The molecule has 0 bridgehead atoms. The van der Waals surface area contributed by atoms with Crippen molar-refractivity contribution in [2.24, 2.45) is 0 Å². The van der Waals surface area contributed by atoms with E-state index in [-0.39, 0.29) is 10.7 Å². The van der Waals surface area contributed by atoms with E-state index in [4.69, 9.17) is 22.8 Å². The Morgan fingerprint density at radius 2 is 1.82 bits per heavy atom. The standard InChI is InChI=1S/C20H22ClF2NO4/c1-5-16(25)24(19(17(26)27)8-10-20(22,23)11-9-19)13-6-7-15(14(21)12-13)28-18(2,3)4/h1,6-7,12H,8-11H2,2-4H3,(H,26,27). The second kappa shape index (κ2) is 7.59. The Kier molecular flexibility index (Phi) is 5.95. The van der Waals surface area contributed by atoms with Crippen molar-refractivity contribution in [2.75, 3.05) is 4.90 Å². The van der Waals surface area contributed by atoms with Crippen LogP contribution in [0.2, 0.25) is 5.02 Å². The quantitative estimate of drug-likeness (QED) is 0.737. The zero-order valence-corrected chi connectivity index (χ0v) is 16.6. The van der Waals surface area contributed by atoms with Gasteiger partial charge in [-0.25, -0.2) is 13.6 Å². The van der Waals surface area contributed by atoms with Crippen molar-refractivity contribution in [1.82, 2.24) is 0 Å². The fraction of sp³-hybridized carbons (Fsp3) is 0.500. The van der Waals surface area contributed by atoms with Crippen LogP contribution in [0.1, 0.15) is 46.5 Å². The molecule has 0 radical (unpaired) electrons. The number of amides is 1. The second-order valence-electron chi connectivity index (χ2n) is 7.81. The number of anilines is 1. The molecule has 1 aliphatic carbocycles. The van der Waals surface area contributed by atoms with Gasteiger partial charge in [0.05, 0.1) is 5.02 Å². The lowest BCUT2D eigenvalue weighted by molar-refractivity contribution is -0.150. The molecule has 0 heterocycles. The van der Waals surface area contributed by atoms with E-state index in [2.05, 4.69) is 0 Å². The molecule has 0 spiro atoms. The smallest absolute Gasteiger partial charge is 0.330 e. The lowest BCUT2D eigenvalue weighted by Crippen LogP contribution is -2.60. The van der Waals surface area contributed by atoms with Crippen molar-refractivity contribution in [1.29, 1.82) is 0 Å². The highest BCUT2D eigenvalue weighted by atomic mass is 35.5. The molecule has 1 aromatic carbocycles. The van der Waals surface area contributed by atoms with Crippen LogP contribution < -0.4 is 9.64 Å². The Morgan fingerprint density at radius 3 is 2.25 bits per heavy atom. The SMILES string of the molecule is C#CC(=O)N(c1ccc(OC(C)(C)C)c(Cl)c1)C1(C(=O)O)CCC(F)(F)CC1. The Bertz CT molecular complexity index is 816. The summed E-state index contributed by atoms with van der Waals surface area (Å²) in [6, 6.07) is 4.29. The molecular weight excluding hydrogens is 392 g/mol. The van der Waals surface area contributed by atoms with Crippen LogP contribution in [0.25, 0.3) is 0 Å². The summed E-state index contributed by atoms with van der Waals surface area (Å²) >= 11 is 6.25. The van der Waals surface area contributed by atoms with Crippen LogP contribution in [0.4, 0.5) is 14.5 Å². The highest BCUT2D eigenvalue weighted by Crippen LogP contribution is 2.44. The Balaban J connectivity index is 2.52. The number of carboxylic acids is 1. The molecule has 0 aromatic heterocycles. The van der Waals surface area contributed by atoms with Gasteiger partial charge in [0.25, 0.3) is 0 Å². The summed E-state index contributed by atoms with van der Waals surface area (Å²) in [4.78, 5) is 25.5. The van der Waals surface area contributed by atoms with Crippen LogP contribution in [-0.4, -0.2) is 34.0 Å². The van der Waals surface area contributed by atoms with Gasteiger partial charge in [0.1, 0.15) is 16.9 Å². The number of alkyl halides is 2. The summed E-state index contributed by atoms with van der Waals surface area (Å²) in [7, 11) is 0. The van der Waals surface area contributed by atoms with Crippen LogP contribution in [0, 0.1) is 12.3 Å². The Morgan fingerprint density at radius 1 is 1.25 bits per heavy atom. The number of terminal acetylenes is 1. The van der Waals surface area contributed by atoms with Gasteiger partial charge in [-0.05, 0) is 57.7 Å². The summed E-state index contributed by atoms with van der Waals surface area (Å²) in [5, 5.41) is 9.99. The van der Waals surface area contributed by atoms with Crippen molar-refractivity contribution in [3.8, 4) is 18.1 Å². The molecule has 28 heavy (non-hydrogen) atoms. The van der Waals surface area contributed by atoms with E-state index >= 15 is 0 Å². The number of aliphatic carboxylic acids is 1. The first kappa shape index (κ1) is 22.0. The lowest BCUT2D eigenvalue weighted by atomic mass is 9.78. The summed E-state index contributed by atoms with van der Waals surface area (Å²) in [5.41, 5.74) is -2.29. The molecule has 5 nitrogen and oxygen atoms in total. The predicted octanol–water partition coefficient (Wildman–Crippen LogP) is 4.52. The molecule has 1 fully saturated rings. The predicted molar refractivity (Wildman–Crippen MR) is 102 cm³/mol. The van der Waals surface area contributed by atoms with Crippen LogP contribution >= 0.6 is 11.6 Å². The average molecular weight is 414 g/mol. The zero-order chi connectivity index (χ0) is 21.3. The molecule has 1 aromatic rings. The first-order valence-electron chi connectivity index (χ1n) is 8.72. The lowest BCUT2D eigenvalue weighted by Gasteiger charge is -2.44. The second-order valence-corrected chi connectivity index (χ2v) is 8.21. The normalized spacial score (nSPS) is 18.0. The van der Waals surface area contributed by atoms with Gasteiger partial charge in [0.2, 0.25) is 5.92 Å². The number of halogens is 3. The minimum absolute atomic E-state index is 0.113. The Labute approximate surface area is 167 Å². The average Bonchev–Trinajstić information content (AvgIpc) is 2.57. The third-order valence-electron chi connectivity index (χ3n) is 4.55. The number of carbonyl (C=O) groups excluding carboxylic acids is 1.